The van der Waals surface area contributed by atoms with Crippen LogP contribution in [-0.2, 0) is 17.8 Å². The Kier molecular flexibility index (Phi) is 4.91. The number of aryl methyl sites for hydroxylation is 1. The van der Waals surface area contributed by atoms with E-state index in [-0.39, 0.29) is 11.9 Å². The number of aromatic nitrogens is 3. The molecule has 2 aliphatic rings. The molecule has 4 rings (SSSR count). The topological polar surface area (TPSA) is 60.2 Å². The fourth-order valence-corrected chi connectivity index (χ4v) is 4.04. The average Bonchev–Trinajstić information content (AvgIpc) is 3.22. The van der Waals surface area contributed by atoms with Gasteiger partial charge in [0, 0.05) is 19.5 Å². The van der Waals surface area contributed by atoms with Crippen molar-refractivity contribution in [1.82, 2.24) is 19.7 Å². The number of benzene rings is 1. The van der Waals surface area contributed by atoms with E-state index in [0.29, 0.717) is 0 Å². The third-order valence-electron chi connectivity index (χ3n) is 5.38. The van der Waals surface area contributed by atoms with Crippen molar-refractivity contribution < 1.29 is 9.53 Å². The molecule has 0 radical (unpaired) electrons. The van der Waals surface area contributed by atoms with Crippen LogP contribution in [0, 0.1) is 0 Å². The summed E-state index contributed by atoms with van der Waals surface area (Å²) in [5.74, 6) is 2.79. The van der Waals surface area contributed by atoms with Gasteiger partial charge >= 0.3 is 0 Å². The highest BCUT2D eigenvalue weighted by molar-refractivity contribution is 5.81. The maximum Gasteiger partial charge on any atom is 0.263 e. The Balaban J connectivity index is 1.51. The SMILES string of the molecule is C[C@@H](Oc1ccccc1)C(=O)N1CCC[C@@H]1c1nnc2n1CCCCC2. The number of nitrogens with zero attached hydrogens (tertiary/aromatic N) is 4. The normalized spacial score (nSPS) is 21.1. The second-order valence-corrected chi connectivity index (χ2v) is 7.20. The maximum absolute atomic E-state index is 13.0. The first kappa shape index (κ1) is 17.1. The molecule has 0 aliphatic carbocycles. The Morgan fingerprint density at radius 1 is 1.12 bits per heavy atom. The van der Waals surface area contributed by atoms with Gasteiger partial charge in [-0.25, -0.2) is 0 Å². The smallest absolute Gasteiger partial charge is 0.263 e. The number of amides is 1. The van der Waals surface area contributed by atoms with Crippen LogP contribution < -0.4 is 4.74 Å². The van der Waals surface area contributed by atoms with Crippen molar-refractivity contribution in [2.75, 3.05) is 6.54 Å². The lowest BCUT2D eigenvalue weighted by Gasteiger charge is -2.27. The quantitative estimate of drug-likeness (QED) is 0.846. The molecule has 2 aliphatic heterocycles. The molecule has 0 bridgehead atoms. The molecule has 1 fully saturated rings. The predicted molar refractivity (Wildman–Crippen MR) is 97.8 cm³/mol. The molecule has 0 unspecified atom stereocenters. The molecular formula is C20H26N4O2. The van der Waals surface area contributed by atoms with E-state index in [0.717, 1.165) is 56.2 Å². The van der Waals surface area contributed by atoms with Crippen LogP contribution in [0.1, 0.15) is 56.7 Å². The van der Waals surface area contributed by atoms with Gasteiger partial charge < -0.3 is 14.2 Å². The fraction of sp³-hybridized carbons (Fsp3) is 0.550. The first-order valence-corrected chi connectivity index (χ1v) is 9.68. The molecule has 0 saturated carbocycles. The van der Waals surface area contributed by atoms with Gasteiger partial charge in [0.2, 0.25) is 0 Å². The Morgan fingerprint density at radius 2 is 1.96 bits per heavy atom. The Morgan fingerprint density at radius 3 is 2.81 bits per heavy atom. The van der Waals surface area contributed by atoms with E-state index in [2.05, 4.69) is 14.8 Å². The lowest BCUT2D eigenvalue weighted by Crippen LogP contribution is -2.40. The van der Waals surface area contributed by atoms with Crippen LogP contribution in [-0.4, -0.2) is 38.2 Å². The second-order valence-electron chi connectivity index (χ2n) is 7.20. The molecule has 6 nitrogen and oxygen atoms in total. The van der Waals surface area contributed by atoms with Crippen LogP contribution in [0.2, 0.25) is 0 Å². The summed E-state index contributed by atoms with van der Waals surface area (Å²) in [5, 5.41) is 8.89. The molecular weight excluding hydrogens is 328 g/mol. The van der Waals surface area contributed by atoms with E-state index in [1.54, 1.807) is 0 Å². The van der Waals surface area contributed by atoms with E-state index in [1.165, 1.54) is 12.8 Å². The third-order valence-corrected chi connectivity index (χ3v) is 5.38. The lowest BCUT2D eigenvalue weighted by atomic mass is 10.2. The average molecular weight is 354 g/mol. The predicted octanol–water partition coefficient (Wildman–Crippen LogP) is 3.14. The number of hydrogen-bond donors (Lipinski definition) is 0. The zero-order valence-corrected chi connectivity index (χ0v) is 15.3. The van der Waals surface area contributed by atoms with Crippen molar-refractivity contribution >= 4 is 5.91 Å². The van der Waals surface area contributed by atoms with Crippen LogP contribution in [0.3, 0.4) is 0 Å². The van der Waals surface area contributed by atoms with E-state index in [4.69, 9.17) is 4.74 Å². The minimum Gasteiger partial charge on any atom is -0.481 e. The highest BCUT2D eigenvalue weighted by Crippen LogP contribution is 2.33. The number of carbonyl (C=O) groups is 1. The molecule has 3 heterocycles. The minimum atomic E-state index is -0.510. The number of hydrogen-bond acceptors (Lipinski definition) is 4. The van der Waals surface area contributed by atoms with Crippen LogP contribution in [0.25, 0.3) is 0 Å². The van der Waals surface area contributed by atoms with Crippen LogP contribution in [0.5, 0.6) is 5.75 Å². The van der Waals surface area contributed by atoms with Gasteiger partial charge in [-0.2, -0.15) is 0 Å². The summed E-state index contributed by atoms with van der Waals surface area (Å²) < 4.78 is 8.11. The molecule has 138 valence electrons. The molecule has 1 saturated heterocycles. The number of likely N-dealkylation sites (tertiary alicyclic amines) is 1. The summed E-state index contributed by atoms with van der Waals surface area (Å²) >= 11 is 0. The summed E-state index contributed by atoms with van der Waals surface area (Å²) in [5.41, 5.74) is 0. The lowest BCUT2D eigenvalue weighted by molar-refractivity contribution is -0.139. The molecule has 6 heteroatoms. The Labute approximate surface area is 154 Å². The highest BCUT2D eigenvalue weighted by Gasteiger charge is 2.36. The zero-order valence-electron chi connectivity index (χ0n) is 15.3. The minimum absolute atomic E-state index is 0.0173. The van der Waals surface area contributed by atoms with Gasteiger partial charge in [0.05, 0.1) is 6.04 Å². The first-order chi connectivity index (χ1) is 12.7. The van der Waals surface area contributed by atoms with E-state index < -0.39 is 6.10 Å². The summed E-state index contributed by atoms with van der Waals surface area (Å²) in [6.07, 6.45) is 5.99. The van der Waals surface area contributed by atoms with Crippen LogP contribution in [0.15, 0.2) is 30.3 Å². The van der Waals surface area contributed by atoms with Crippen molar-refractivity contribution in [2.24, 2.45) is 0 Å². The standard InChI is InChI=1S/C20H26N4O2/c1-15(26-16-9-4-2-5-10-16)20(25)23-14-8-11-17(23)19-22-21-18-12-6-3-7-13-24(18)19/h2,4-5,9-10,15,17H,3,6-8,11-14H2,1H3/t15-,17-/m1/s1. The fourth-order valence-electron chi connectivity index (χ4n) is 4.04. The summed E-state index contributed by atoms with van der Waals surface area (Å²) in [6.45, 7) is 3.55. The summed E-state index contributed by atoms with van der Waals surface area (Å²) in [6, 6.07) is 9.54. The van der Waals surface area contributed by atoms with Gasteiger partial charge in [-0.1, -0.05) is 24.6 Å². The van der Waals surface area contributed by atoms with Crippen molar-refractivity contribution in [1.29, 1.82) is 0 Å². The molecule has 2 aromatic rings. The Bertz CT molecular complexity index is 758. The second kappa shape index (κ2) is 7.48. The molecule has 1 amide bonds. The molecule has 1 aromatic carbocycles. The Hall–Kier alpha value is -2.37. The molecule has 1 aromatic heterocycles. The molecule has 26 heavy (non-hydrogen) atoms. The van der Waals surface area contributed by atoms with Gasteiger partial charge in [0.1, 0.15) is 11.6 Å². The van der Waals surface area contributed by atoms with Crippen molar-refractivity contribution in [3.63, 3.8) is 0 Å². The highest BCUT2D eigenvalue weighted by atomic mass is 16.5. The van der Waals surface area contributed by atoms with Crippen molar-refractivity contribution in [3.05, 3.63) is 42.0 Å². The van der Waals surface area contributed by atoms with E-state index >= 15 is 0 Å². The number of fused-ring (bicyclic) bond motifs is 1. The molecule has 2 atom stereocenters. The van der Waals surface area contributed by atoms with Gasteiger partial charge in [-0.05, 0) is 44.7 Å². The molecule has 0 N–H and O–H groups in total. The van der Waals surface area contributed by atoms with Gasteiger partial charge in [-0.15, -0.1) is 10.2 Å². The third kappa shape index (κ3) is 3.32. The van der Waals surface area contributed by atoms with Gasteiger partial charge in [-0.3, -0.25) is 4.79 Å². The number of para-hydroxylation sites is 1. The number of ether oxygens (including phenoxy) is 1. The van der Waals surface area contributed by atoms with Gasteiger partial charge in [0.25, 0.3) is 5.91 Å². The zero-order chi connectivity index (χ0) is 17.9. The maximum atomic E-state index is 13.0. The van der Waals surface area contributed by atoms with E-state index in [9.17, 15) is 4.79 Å². The van der Waals surface area contributed by atoms with Crippen molar-refractivity contribution in [3.8, 4) is 5.75 Å². The van der Waals surface area contributed by atoms with Gasteiger partial charge in [0.15, 0.2) is 11.9 Å². The monoisotopic (exact) mass is 354 g/mol. The van der Waals surface area contributed by atoms with E-state index in [1.807, 2.05) is 42.2 Å². The first-order valence-electron chi connectivity index (χ1n) is 9.68. The largest absolute Gasteiger partial charge is 0.481 e. The number of carbonyl (C=O) groups excluding carboxylic acids is 1. The molecule has 0 spiro atoms. The van der Waals surface area contributed by atoms with Crippen molar-refractivity contribution in [2.45, 2.75) is 64.1 Å². The van der Waals surface area contributed by atoms with Crippen LogP contribution in [0.4, 0.5) is 0 Å². The summed E-state index contributed by atoms with van der Waals surface area (Å²) in [4.78, 5) is 15.0. The number of rotatable bonds is 4. The van der Waals surface area contributed by atoms with Crippen LogP contribution >= 0.6 is 0 Å². The summed E-state index contributed by atoms with van der Waals surface area (Å²) in [7, 11) is 0.